The molecule has 0 aromatic heterocycles. The lowest BCUT2D eigenvalue weighted by Gasteiger charge is -2.09. The van der Waals surface area contributed by atoms with Gasteiger partial charge in [-0.05, 0) is 24.3 Å². The minimum atomic E-state index is -0.316. The van der Waals surface area contributed by atoms with Crippen molar-refractivity contribution in [2.75, 3.05) is 26.3 Å². The molecule has 2 rings (SSSR count). The third kappa shape index (κ3) is 5.79. The smallest absolute Gasteiger partial charge is 0.126 e. The molecule has 1 N–H and O–H groups in total. The lowest BCUT2D eigenvalue weighted by Crippen LogP contribution is -2.25. The number of hydrogen-bond donors (Lipinski definition) is 1. The second-order valence-corrected chi connectivity index (χ2v) is 4.36. The van der Waals surface area contributed by atoms with Gasteiger partial charge in [-0.1, -0.05) is 12.1 Å². The quantitative estimate of drug-likeness (QED) is 0.759. The zero-order chi connectivity index (χ0) is 14.9. The first-order valence-electron chi connectivity index (χ1n) is 6.71. The van der Waals surface area contributed by atoms with Crippen LogP contribution in [0.4, 0.5) is 8.78 Å². The standard InChI is InChI=1S/C16H17F2NO2/c17-13-3-1-5-15(11-13)20-9-7-19-8-10-21-16-6-2-4-14(18)12-16/h1-6,11-12,19H,7-10H2. The van der Waals surface area contributed by atoms with E-state index < -0.39 is 0 Å². The molecule has 0 unspecified atom stereocenters. The second kappa shape index (κ2) is 8.21. The van der Waals surface area contributed by atoms with Gasteiger partial charge in [0.25, 0.3) is 0 Å². The zero-order valence-electron chi connectivity index (χ0n) is 11.5. The molecular formula is C16H17F2NO2. The molecule has 0 spiro atoms. The Hall–Kier alpha value is -2.14. The summed E-state index contributed by atoms with van der Waals surface area (Å²) in [6, 6.07) is 12.0. The molecule has 0 fully saturated rings. The lowest BCUT2D eigenvalue weighted by atomic mass is 10.3. The number of nitrogens with one attached hydrogen (secondary N) is 1. The van der Waals surface area contributed by atoms with E-state index in [1.54, 1.807) is 24.3 Å². The van der Waals surface area contributed by atoms with Crippen LogP contribution < -0.4 is 14.8 Å². The van der Waals surface area contributed by atoms with Crippen molar-refractivity contribution in [3.8, 4) is 11.5 Å². The summed E-state index contributed by atoms with van der Waals surface area (Å²) in [6.07, 6.45) is 0. The van der Waals surface area contributed by atoms with Gasteiger partial charge in [0.1, 0.15) is 36.3 Å². The average Bonchev–Trinajstić information content (AvgIpc) is 2.46. The van der Waals surface area contributed by atoms with E-state index in [2.05, 4.69) is 5.32 Å². The van der Waals surface area contributed by atoms with Crippen LogP contribution in [0.5, 0.6) is 11.5 Å². The van der Waals surface area contributed by atoms with Gasteiger partial charge in [-0.15, -0.1) is 0 Å². The van der Waals surface area contributed by atoms with Crippen LogP contribution in [0.2, 0.25) is 0 Å². The number of hydrogen-bond acceptors (Lipinski definition) is 3. The number of rotatable bonds is 8. The normalized spacial score (nSPS) is 10.4. The van der Waals surface area contributed by atoms with Gasteiger partial charge in [0.2, 0.25) is 0 Å². The van der Waals surface area contributed by atoms with E-state index in [-0.39, 0.29) is 11.6 Å². The van der Waals surface area contributed by atoms with E-state index in [0.717, 1.165) is 0 Å². The molecule has 5 heteroatoms. The highest BCUT2D eigenvalue weighted by molar-refractivity contribution is 5.23. The van der Waals surface area contributed by atoms with Crippen molar-refractivity contribution < 1.29 is 18.3 Å². The predicted octanol–water partition coefficient (Wildman–Crippen LogP) is 3.01. The van der Waals surface area contributed by atoms with Gasteiger partial charge >= 0.3 is 0 Å². The van der Waals surface area contributed by atoms with Gasteiger partial charge in [-0.25, -0.2) is 8.78 Å². The van der Waals surface area contributed by atoms with Crippen LogP contribution in [0.25, 0.3) is 0 Å². The minimum absolute atomic E-state index is 0.316. The SMILES string of the molecule is Fc1cccc(OCCNCCOc2cccc(F)c2)c1. The molecule has 0 aliphatic rings. The Bertz CT molecular complexity index is 514. The van der Waals surface area contributed by atoms with E-state index in [9.17, 15) is 8.78 Å². The van der Waals surface area contributed by atoms with Crippen molar-refractivity contribution in [2.45, 2.75) is 0 Å². The third-order valence-corrected chi connectivity index (χ3v) is 2.69. The predicted molar refractivity (Wildman–Crippen MR) is 76.7 cm³/mol. The lowest BCUT2D eigenvalue weighted by molar-refractivity contribution is 0.287. The fourth-order valence-electron chi connectivity index (χ4n) is 1.72. The maximum atomic E-state index is 12.9. The first-order valence-corrected chi connectivity index (χ1v) is 6.71. The molecule has 21 heavy (non-hydrogen) atoms. The molecule has 0 saturated carbocycles. The van der Waals surface area contributed by atoms with E-state index in [4.69, 9.17) is 9.47 Å². The van der Waals surface area contributed by atoms with Gasteiger partial charge in [-0.3, -0.25) is 0 Å². The molecular weight excluding hydrogens is 276 g/mol. The van der Waals surface area contributed by atoms with Crippen LogP contribution in [0.3, 0.4) is 0 Å². The second-order valence-electron chi connectivity index (χ2n) is 4.36. The molecule has 0 amide bonds. The molecule has 2 aromatic carbocycles. The van der Waals surface area contributed by atoms with Gasteiger partial charge < -0.3 is 14.8 Å². The number of ether oxygens (including phenoxy) is 2. The topological polar surface area (TPSA) is 30.5 Å². The first kappa shape index (κ1) is 15.3. The molecule has 2 aromatic rings. The number of halogens is 2. The van der Waals surface area contributed by atoms with Crippen molar-refractivity contribution >= 4 is 0 Å². The third-order valence-electron chi connectivity index (χ3n) is 2.69. The van der Waals surface area contributed by atoms with Gasteiger partial charge in [0.05, 0.1) is 0 Å². The first-order chi connectivity index (χ1) is 10.2. The van der Waals surface area contributed by atoms with Crippen molar-refractivity contribution in [1.82, 2.24) is 5.32 Å². The average molecular weight is 293 g/mol. The van der Waals surface area contributed by atoms with Crippen molar-refractivity contribution in [2.24, 2.45) is 0 Å². The van der Waals surface area contributed by atoms with Crippen LogP contribution in [0, 0.1) is 11.6 Å². The molecule has 0 atom stereocenters. The molecule has 0 saturated heterocycles. The summed E-state index contributed by atoms with van der Waals surface area (Å²) in [5.74, 6) is 0.383. The maximum Gasteiger partial charge on any atom is 0.126 e. The summed E-state index contributed by atoms with van der Waals surface area (Å²) in [7, 11) is 0. The fourth-order valence-corrected chi connectivity index (χ4v) is 1.72. The van der Waals surface area contributed by atoms with Crippen molar-refractivity contribution in [3.63, 3.8) is 0 Å². The van der Waals surface area contributed by atoms with Crippen molar-refractivity contribution in [1.29, 1.82) is 0 Å². The Morgan fingerprint density at radius 3 is 1.67 bits per heavy atom. The molecule has 0 bridgehead atoms. The maximum absolute atomic E-state index is 12.9. The molecule has 0 heterocycles. The summed E-state index contributed by atoms with van der Waals surface area (Å²) in [6.45, 7) is 2.10. The van der Waals surface area contributed by atoms with Crippen LogP contribution in [-0.4, -0.2) is 26.3 Å². The van der Waals surface area contributed by atoms with E-state index in [1.807, 2.05) is 0 Å². The monoisotopic (exact) mass is 293 g/mol. The summed E-state index contributed by atoms with van der Waals surface area (Å²) < 4.78 is 36.5. The molecule has 0 aliphatic carbocycles. The molecule has 0 aliphatic heterocycles. The summed E-state index contributed by atoms with van der Waals surface area (Å²) in [4.78, 5) is 0. The van der Waals surface area contributed by atoms with Gasteiger partial charge in [0, 0.05) is 25.2 Å². The zero-order valence-corrected chi connectivity index (χ0v) is 11.5. The Morgan fingerprint density at radius 1 is 0.762 bits per heavy atom. The Morgan fingerprint density at radius 2 is 1.24 bits per heavy atom. The number of benzene rings is 2. The van der Waals surface area contributed by atoms with Crippen LogP contribution in [0.15, 0.2) is 48.5 Å². The Balaban J connectivity index is 1.54. The van der Waals surface area contributed by atoms with Crippen LogP contribution >= 0.6 is 0 Å². The summed E-state index contributed by atoms with van der Waals surface area (Å²) >= 11 is 0. The van der Waals surface area contributed by atoms with Crippen LogP contribution in [-0.2, 0) is 0 Å². The van der Waals surface area contributed by atoms with E-state index in [1.165, 1.54) is 24.3 Å². The molecule has 112 valence electrons. The highest BCUT2D eigenvalue weighted by Crippen LogP contribution is 2.12. The highest BCUT2D eigenvalue weighted by atomic mass is 19.1. The minimum Gasteiger partial charge on any atom is -0.492 e. The van der Waals surface area contributed by atoms with Gasteiger partial charge in [-0.2, -0.15) is 0 Å². The van der Waals surface area contributed by atoms with Crippen LogP contribution in [0.1, 0.15) is 0 Å². The molecule has 0 radical (unpaired) electrons. The van der Waals surface area contributed by atoms with Gasteiger partial charge in [0.15, 0.2) is 0 Å². The Labute approximate surface area is 122 Å². The fraction of sp³-hybridized carbons (Fsp3) is 0.250. The summed E-state index contributed by atoms with van der Waals surface area (Å²) in [5.41, 5.74) is 0. The highest BCUT2D eigenvalue weighted by Gasteiger charge is 1.97. The summed E-state index contributed by atoms with van der Waals surface area (Å²) in [5, 5.41) is 3.12. The molecule has 3 nitrogen and oxygen atoms in total. The largest absolute Gasteiger partial charge is 0.492 e. The Kier molecular flexibility index (Phi) is 5.97. The van der Waals surface area contributed by atoms with E-state index in [0.29, 0.717) is 37.8 Å². The van der Waals surface area contributed by atoms with E-state index >= 15 is 0 Å². The van der Waals surface area contributed by atoms with Crippen molar-refractivity contribution in [3.05, 3.63) is 60.2 Å².